The van der Waals surface area contributed by atoms with E-state index in [1.54, 1.807) is 38.5 Å². The topological polar surface area (TPSA) is 126 Å². The van der Waals surface area contributed by atoms with E-state index in [-0.39, 0.29) is 11.5 Å². The van der Waals surface area contributed by atoms with Crippen LogP contribution in [0.15, 0.2) is 36.9 Å². The van der Waals surface area contributed by atoms with Crippen molar-refractivity contribution in [2.24, 2.45) is 11.7 Å². The molecule has 0 aliphatic rings. The van der Waals surface area contributed by atoms with Crippen LogP contribution in [0.5, 0.6) is 0 Å². The number of nitrogens with two attached hydrogens (primary N) is 1. The summed E-state index contributed by atoms with van der Waals surface area (Å²) in [5, 5.41) is 5.36. The molecule has 0 radical (unpaired) electrons. The predicted molar refractivity (Wildman–Crippen MR) is 117 cm³/mol. The average Bonchev–Trinajstić information content (AvgIpc) is 3.18. The van der Waals surface area contributed by atoms with Gasteiger partial charge in [0.2, 0.25) is 11.8 Å². The van der Waals surface area contributed by atoms with Crippen molar-refractivity contribution in [1.29, 1.82) is 0 Å². The van der Waals surface area contributed by atoms with Crippen molar-refractivity contribution in [3.05, 3.63) is 48.0 Å². The van der Waals surface area contributed by atoms with Crippen molar-refractivity contribution in [3.8, 4) is 11.1 Å². The molecule has 0 saturated carbocycles. The number of aromatic amines is 1. The normalized spacial score (nSPS) is 13.7. The molecule has 0 aromatic carbocycles. The van der Waals surface area contributed by atoms with Crippen molar-refractivity contribution in [2.45, 2.75) is 39.0 Å². The summed E-state index contributed by atoms with van der Waals surface area (Å²) < 4.78 is 37.9. The van der Waals surface area contributed by atoms with Crippen LogP contribution < -0.4 is 16.4 Å². The van der Waals surface area contributed by atoms with Gasteiger partial charge >= 0.3 is 6.18 Å². The summed E-state index contributed by atoms with van der Waals surface area (Å²) >= 11 is 0. The third kappa shape index (κ3) is 5.30. The molecule has 11 heteroatoms. The number of aromatic nitrogens is 3. The molecule has 8 nitrogen and oxygen atoms in total. The number of H-pyrrole nitrogens is 1. The number of nitrogens with one attached hydrogen (secondary N) is 3. The fourth-order valence-electron chi connectivity index (χ4n) is 3.48. The highest BCUT2D eigenvalue weighted by atomic mass is 19.4. The molecular weight excluding hydrogens is 437 g/mol. The Labute approximate surface area is 188 Å². The summed E-state index contributed by atoms with van der Waals surface area (Å²) in [6.07, 6.45) is 1.76. The van der Waals surface area contributed by atoms with Crippen LogP contribution in [0.3, 0.4) is 0 Å². The maximum Gasteiger partial charge on any atom is 0.405 e. The van der Waals surface area contributed by atoms with Crippen LogP contribution in [0.1, 0.15) is 31.9 Å². The van der Waals surface area contributed by atoms with Crippen molar-refractivity contribution in [2.75, 3.05) is 6.54 Å². The van der Waals surface area contributed by atoms with Gasteiger partial charge < -0.3 is 21.4 Å². The summed E-state index contributed by atoms with van der Waals surface area (Å²) in [7, 11) is 0. The van der Waals surface area contributed by atoms with Crippen LogP contribution in [-0.4, -0.2) is 39.5 Å². The third-order valence-corrected chi connectivity index (χ3v) is 5.39. The number of rotatable bonds is 7. The number of halogens is 3. The molecule has 2 amide bonds. The largest absolute Gasteiger partial charge is 0.405 e. The van der Waals surface area contributed by atoms with Gasteiger partial charge in [0, 0.05) is 60.3 Å². The Morgan fingerprint density at radius 1 is 1.15 bits per heavy atom. The number of alkyl halides is 3. The van der Waals surface area contributed by atoms with Gasteiger partial charge in [-0.1, -0.05) is 13.8 Å². The number of nitrogens with zero attached hydrogens (tertiary/aromatic N) is 2. The Morgan fingerprint density at radius 2 is 1.88 bits per heavy atom. The monoisotopic (exact) mass is 462 g/mol. The third-order valence-electron chi connectivity index (χ3n) is 5.39. The summed E-state index contributed by atoms with van der Waals surface area (Å²) in [5.41, 5.74) is 7.65. The van der Waals surface area contributed by atoms with E-state index in [2.05, 4.69) is 20.3 Å². The fourth-order valence-corrected chi connectivity index (χ4v) is 3.48. The molecule has 0 aliphatic heterocycles. The van der Waals surface area contributed by atoms with Gasteiger partial charge in [-0.2, -0.15) is 13.2 Å². The van der Waals surface area contributed by atoms with Gasteiger partial charge in [-0.25, -0.2) is 4.98 Å². The summed E-state index contributed by atoms with van der Waals surface area (Å²) in [4.78, 5) is 35.5. The first-order chi connectivity index (χ1) is 15.4. The second-order valence-corrected chi connectivity index (χ2v) is 8.14. The molecule has 176 valence electrons. The number of amides is 2. The Balaban J connectivity index is 1.99. The van der Waals surface area contributed by atoms with Crippen LogP contribution in [-0.2, 0) is 21.7 Å². The van der Waals surface area contributed by atoms with Gasteiger partial charge in [0.1, 0.15) is 17.7 Å². The minimum Gasteiger partial charge on any atom is -0.352 e. The lowest BCUT2D eigenvalue weighted by Gasteiger charge is -2.32. The molecule has 1 unspecified atom stereocenters. The fraction of sp³-hybridized carbons (Fsp3) is 0.364. The van der Waals surface area contributed by atoms with Gasteiger partial charge in [-0.05, 0) is 23.6 Å². The molecule has 3 aromatic heterocycles. The Bertz CT molecular complexity index is 1170. The van der Waals surface area contributed by atoms with Crippen LogP contribution in [0.2, 0.25) is 0 Å². The lowest BCUT2D eigenvalue weighted by molar-refractivity contribution is -0.143. The zero-order valence-electron chi connectivity index (χ0n) is 18.4. The first kappa shape index (κ1) is 24.2. The number of carbonyl (C=O) groups is 2. The second kappa shape index (κ2) is 9.18. The predicted octanol–water partition coefficient (Wildman–Crippen LogP) is 2.75. The standard InChI is InChI=1S/C22H25F3N6O2/c1-12(2)22(26,20(33)31-11-21(23,24)25)16-5-15(8-27-9-16)18-10-30-19-17(18)4-14(7-29-19)6-28-13(3)32/h4-5,7-10,12H,6,11,26H2,1-3H3,(H,28,32)(H,29,30)(H,31,33). The highest BCUT2D eigenvalue weighted by Crippen LogP contribution is 2.33. The molecule has 1 atom stereocenters. The number of fused-ring (bicyclic) bond motifs is 1. The maximum absolute atomic E-state index is 12.7. The Morgan fingerprint density at radius 3 is 2.52 bits per heavy atom. The van der Waals surface area contributed by atoms with E-state index in [9.17, 15) is 22.8 Å². The molecule has 5 N–H and O–H groups in total. The second-order valence-electron chi connectivity index (χ2n) is 8.14. The minimum absolute atomic E-state index is 0.168. The SMILES string of the molecule is CC(=O)NCc1cnc2[nH]cc(-c3cncc(C(N)(C(=O)NCC(F)(F)F)C(C)C)c3)c2c1. The molecule has 0 spiro atoms. The van der Waals surface area contributed by atoms with Crippen LogP contribution in [0.4, 0.5) is 13.2 Å². The van der Waals surface area contributed by atoms with Crippen LogP contribution >= 0.6 is 0 Å². The van der Waals surface area contributed by atoms with E-state index < -0.39 is 30.1 Å². The van der Waals surface area contributed by atoms with E-state index in [0.717, 1.165) is 16.5 Å². The lowest BCUT2D eigenvalue weighted by atomic mass is 9.80. The van der Waals surface area contributed by atoms with E-state index in [4.69, 9.17) is 5.73 Å². The summed E-state index contributed by atoms with van der Waals surface area (Å²) in [6.45, 7) is 3.56. The van der Waals surface area contributed by atoms with Crippen molar-refractivity contribution in [1.82, 2.24) is 25.6 Å². The van der Waals surface area contributed by atoms with E-state index >= 15 is 0 Å². The highest BCUT2D eigenvalue weighted by Gasteiger charge is 2.41. The summed E-state index contributed by atoms with van der Waals surface area (Å²) in [6, 6.07) is 3.51. The van der Waals surface area contributed by atoms with Crippen molar-refractivity contribution < 1.29 is 22.8 Å². The van der Waals surface area contributed by atoms with Gasteiger partial charge in [0.05, 0.1) is 0 Å². The summed E-state index contributed by atoms with van der Waals surface area (Å²) in [5.74, 6) is -1.62. The maximum atomic E-state index is 12.7. The van der Waals surface area contributed by atoms with Crippen molar-refractivity contribution >= 4 is 22.8 Å². The molecule has 3 aromatic rings. The number of pyridine rings is 2. The van der Waals surface area contributed by atoms with E-state index in [1.165, 1.54) is 13.1 Å². The molecule has 0 saturated heterocycles. The average molecular weight is 462 g/mol. The van der Waals surface area contributed by atoms with Crippen molar-refractivity contribution in [3.63, 3.8) is 0 Å². The zero-order valence-corrected chi connectivity index (χ0v) is 18.4. The number of carbonyl (C=O) groups excluding carboxylic acids is 2. The first-order valence-corrected chi connectivity index (χ1v) is 10.2. The number of hydrogen-bond acceptors (Lipinski definition) is 5. The van der Waals surface area contributed by atoms with Crippen LogP contribution in [0.25, 0.3) is 22.2 Å². The van der Waals surface area contributed by atoms with Gasteiger partial charge in [0.25, 0.3) is 0 Å². The molecule has 0 fully saturated rings. The van der Waals surface area contributed by atoms with Gasteiger partial charge in [-0.3, -0.25) is 14.6 Å². The lowest BCUT2D eigenvalue weighted by Crippen LogP contribution is -2.56. The zero-order chi connectivity index (χ0) is 24.4. The smallest absolute Gasteiger partial charge is 0.352 e. The van der Waals surface area contributed by atoms with Gasteiger partial charge in [0.15, 0.2) is 0 Å². The molecule has 33 heavy (non-hydrogen) atoms. The quantitative estimate of drug-likeness (QED) is 0.430. The van der Waals surface area contributed by atoms with E-state index in [0.29, 0.717) is 17.8 Å². The molecule has 3 heterocycles. The molecule has 0 aliphatic carbocycles. The number of hydrogen-bond donors (Lipinski definition) is 4. The van der Waals surface area contributed by atoms with Gasteiger partial charge in [-0.15, -0.1) is 0 Å². The Kier molecular flexibility index (Phi) is 6.73. The minimum atomic E-state index is -4.56. The van der Waals surface area contributed by atoms with E-state index in [1.807, 2.05) is 11.4 Å². The molecular formula is C22H25F3N6O2. The Hall–Kier alpha value is -3.47. The van der Waals surface area contributed by atoms with Crippen LogP contribution in [0, 0.1) is 5.92 Å². The molecule has 3 rings (SSSR count). The molecule has 0 bridgehead atoms. The highest BCUT2D eigenvalue weighted by molar-refractivity contribution is 5.94. The first-order valence-electron chi connectivity index (χ1n) is 10.2.